The van der Waals surface area contributed by atoms with Crippen LogP contribution in [0.15, 0.2) is 36.4 Å². The van der Waals surface area contributed by atoms with Crippen molar-refractivity contribution in [3.05, 3.63) is 53.8 Å². The standard InChI is InChI=1S/C13H7F3N2/c14-7-5-10(16)12-11(6-7)17-13(18-12)8-3-1-2-4-9(8)15/h1-6H,(H,17,18). The average Bonchev–Trinajstić information content (AvgIpc) is 2.73. The molecule has 0 aliphatic carbocycles. The van der Waals surface area contributed by atoms with Gasteiger partial charge in [-0.3, -0.25) is 0 Å². The molecular formula is C13H7F3N2. The highest BCUT2D eigenvalue weighted by atomic mass is 19.1. The number of hydrogen-bond donors (Lipinski definition) is 1. The summed E-state index contributed by atoms with van der Waals surface area (Å²) in [4.78, 5) is 6.65. The van der Waals surface area contributed by atoms with Crippen LogP contribution < -0.4 is 0 Å². The van der Waals surface area contributed by atoms with Crippen LogP contribution in [0.3, 0.4) is 0 Å². The summed E-state index contributed by atoms with van der Waals surface area (Å²) in [6, 6.07) is 7.84. The molecule has 0 atom stereocenters. The van der Waals surface area contributed by atoms with Crippen molar-refractivity contribution >= 4 is 11.0 Å². The maximum absolute atomic E-state index is 13.6. The monoisotopic (exact) mass is 248 g/mol. The first-order valence-corrected chi connectivity index (χ1v) is 5.25. The molecule has 3 rings (SSSR count). The van der Waals surface area contributed by atoms with E-state index in [1.54, 1.807) is 12.1 Å². The molecule has 0 aliphatic heterocycles. The molecule has 1 N–H and O–H groups in total. The maximum atomic E-state index is 13.6. The van der Waals surface area contributed by atoms with Gasteiger partial charge in [-0.1, -0.05) is 12.1 Å². The van der Waals surface area contributed by atoms with Crippen molar-refractivity contribution in [2.45, 2.75) is 0 Å². The van der Waals surface area contributed by atoms with Crippen molar-refractivity contribution in [3.63, 3.8) is 0 Å². The van der Waals surface area contributed by atoms with E-state index >= 15 is 0 Å². The number of H-pyrrole nitrogens is 1. The van der Waals surface area contributed by atoms with Crippen LogP contribution >= 0.6 is 0 Å². The van der Waals surface area contributed by atoms with E-state index in [2.05, 4.69) is 9.97 Å². The molecule has 1 heterocycles. The van der Waals surface area contributed by atoms with Crippen molar-refractivity contribution < 1.29 is 13.2 Å². The molecule has 18 heavy (non-hydrogen) atoms. The third-order valence-corrected chi connectivity index (χ3v) is 2.63. The van der Waals surface area contributed by atoms with Crippen LogP contribution in [0.5, 0.6) is 0 Å². The predicted octanol–water partition coefficient (Wildman–Crippen LogP) is 3.65. The molecule has 3 aromatic rings. The lowest BCUT2D eigenvalue weighted by molar-refractivity contribution is 0.590. The predicted molar refractivity (Wildman–Crippen MR) is 61.4 cm³/mol. The lowest BCUT2D eigenvalue weighted by Gasteiger charge is -1.96. The average molecular weight is 248 g/mol. The van der Waals surface area contributed by atoms with Gasteiger partial charge in [-0.05, 0) is 18.2 Å². The quantitative estimate of drug-likeness (QED) is 0.699. The largest absolute Gasteiger partial charge is 0.338 e. The molecule has 0 spiro atoms. The van der Waals surface area contributed by atoms with E-state index in [1.165, 1.54) is 12.1 Å². The zero-order valence-corrected chi connectivity index (χ0v) is 9.05. The number of aromatic nitrogens is 2. The molecule has 0 unspecified atom stereocenters. The lowest BCUT2D eigenvalue weighted by atomic mass is 10.2. The number of aromatic amines is 1. The fourth-order valence-electron chi connectivity index (χ4n) is 1.82. The van der Waals surface area contributed by atoms with Gasteiger partial charge in [0.05, 0.1) is 11.1 Å². The van der Waals surface area contributed by atoms with Gasteiger partial charge in [-0.2, -0.15) is 0 Å². The molecule has 90 valence electrons. The number of hydrogen-bond acceptors (Lipinski definition) is 1. The van der Waals surface area contributed by atoms with Crippen molar-refractivity contribution in [2.75, 3.05) is 0 Å². The topological polar surface area (TPSA) is 28.7 Å². The van der Waals surface area contributed by atoms with E-state index in [1.807, 2.05) is 0 Å². The summed E-state index contributed by atoms with van der Waals surface area (Å²) in [6.07, 6.45) is 0. The first-order chi connectivity index (χ1) is 8.65. The number of halogens is 3. The molecular weight excluding hydrogens is 241 g/mol. The van der Waals surface area contributed by atoms with Crippen LogP contribution in [0.2, 0.25) is 0 Å². The normalized spacial score (nSPS) is 11.1. The van der Waals surface area contributed by atoms with Crippen LogP contribution in [-0.4, -0.2) is 9.97 Å². The maximum Gasteiger partial charge on any atom is 0.153 e. The highest BCUT2D eigenvalue weighted by Crippen LogP contribution is 2.24. The van der Waals surface area contributed by atoms with Gasteiger partial charge in [0.2, 0.25) is 0 Å². The highest BCUT2D eigenvalue weighted by molar-refractivity contribution is 5.80. The van der Waals surface area contributed by atoms with Crippen molar-refractivity contribution in [1.29, 1.82) is 0 Å². The van der Waals surface area contributed by atoms with Crippen molar-refractivity contribution in [1.82, 2.24) is 9.97 Å². The molecule has 0 saturated heterocycles. The van der Waals surface area contributed by atoms with Crippen LogP contribution in [0.4, 0.5) is 13.2 Å². The SMILES string of the molecule is Fc1cc(F)c2nc(-c3ccccc3F)[nH]c2c1. The number of nitrogens with one attached hydrogen (secondary N) is 1. The zero-order valence-electron chi connectivity index (χ0n) is 9.05. The Morgan fingerprint density at radius 1 is 0.944 bits per heavy atom. The van der Waals surface area contributed by atoms with Gasteiger partial charge in [0.1, 0.15) is 23.0 Å². The Morgan fingerprint density at radius 3 is 2.50 bits per heavy atom. The summed E-state index contributed by atoms with van der Waals surface area (Å²) in [5, 5.41) is 0. The van der Waals surface area contributed by atoms with Gasteiger partial charge in [0.25, 0.3) is 0 Å². The van der Waals surface area contributed by atoms with Gasteiger partial charge in [-0.25, -0.2) is 18.2 Å². The first kappa shape index (κ1) is 10.8. The smallest absolute Gasteiger partial charge is 0.153 e. The van der Waals surface area contributed by atoms with Crippen LogP contribution in [-0.2, 0) is 0 Å². The minimum Gasteiger partial charge on any atom is -0.338 e. The molecule has 0 saturated carbocycles. The van der Waals surface area contributed by atoms with E-state index in [4.69, 9.17) is 0 Å². The number of fused-ring (bicyclic) bond motifs is 1. The molecule has 0 fully saturated rings. The van der Waals surface area contributed by atoms with E-state index in [-0.39, 0.29) is 22.4 Å². The van der Waals surface area contributed by atoms with Gasteiger partial charge in [0.15, 0.2) is 5.82 Å². The van der Waals surface area contributed by atoms with Gasteiger partial charge in [0, 0.05) is 6.07 Å². The Balaban J connectivity index is 2.26. The van der Waals surface area contributed by atoms with Gasteiger partial charge < -0.3 is 4.98 Å². The second-order valence-corrected chi connectivity index (χ2v) is 3.85. The number of imidazole rings is 1. The fourth-order valence-corrected chi connectivity index (χ4v) is 1.82. The van der Waals surface area contributed by atoms with Gasteiger partial charge in [-0.15, -0.1) is 0 Å². The third-order valence-electron chi connectivity index (χ3n) is 2.63. The summed E-state index contributed by atoms with van der Waals surface area (Å²) < 4.78 is 40.0. The molecule has 2 aromatic carbocycles. The summed E-state index contributed by atoms with van der Waals surface area (Å²) in [5.41, 5.74) is 0.411. The highest BCUT2D eigenvalue weighted by Gasteiger charge is 2.13. The molecule has 5 heteroatoms. The van der Waals surface area contributed by atoms with Crippen molar-refractivity contribution in [3.8, 4) is 11.4 Å². The summed E-state index contributed by atoms with van der Waals surface area (Å²) in [7, 11) is 0. The van der Waals surface area contributed by atoms with Crippen LogP contribution in [0, 0.1) is 17.5 Å². The van der Waals surface area contributed by atoms with E-state index in [0.29, 0.717) is 0 Å². The fraction of sp³-hybridized carbons (Fsp3) is 0. The third kappa shape index (κ3) is 1.64. The molecule has 1 aromatic heterocycles. The first-order valence-electron chi connectivity index (χ1n) is 5.25. The summed E-state index contributed by atoms with van der Waals surface area (Å²) in [6.45, 7) is 0. The Hall–Kier alpha value is -2.30. The van der Waals surface area contributed by atoms with E-state index < -0.39 is 17.5 Å². The number of rotatable bonds is 1. The Labute approximate surface area is 100 Å². The van der Waals surface area contributed by atoms with Gasteiger partial charge >= 0.3 is 0 Å². The lowest BCUT2D eigenvalue weighted by Crippen LogP contribution is -1.85. The number of benzene rings is 2. The Kier molecular flexibility index (Phi) is 2.33. The minimum atomic E-state index is -0.774. The van der Waals surface area contributed by atoms with Crippen LogP contribution in [0.25, 0.3) is 22.4 Å². The van der Waals surface area contributed by atoms with E-state index in [0.717, 1.165) is 12.1 Å². The summed E-state index contributed by atoms with van der Waals surface area (Å²) in [5.74, 6) is -1.78. The molecule has 2 nitrogen and oxygen atoms in total. The molecule has 0 bridgehead atoms. The van der Waals surface area contributed by atoms with Crippen molar-refractivity contribution in [2.24, 2.45) is 0 Å². The number of nitrogens with zero attached hydrogens (tertiary/aromatic N) is 1. The molecule has 0 amide bonds. The Bertz CT molecular complexity index is 734. The zero-order chi connectivity index (χ0) is 12.7. The van der Waals surface area contributed by atoms with Crippen LogP contribution in [0.1, 0.15) is 0 Å². The Morgan fingerprint density at radius 2 is 1.72 bits per heavy atom. The second-order valence-electron chi connectivity index (χ2n) is 3.85. The second kappa shape index (κ2) is 3.87. The minimum absolute atomic E-state index is 0.00495. The van der Waals surface area contributed by atoms with E-state index in [9.17, 15) is 13.2 Å². The summed E-state index contributed by atoms with van der Waals surface area (Å²) >= 11 is 0. The molecule has 0 radical (unpaired) electrons. The molecule has 0 aliphatic rings.